The molecule has 1 saturated heterocycles. The van der Waals surface area contributed by atoms with Crippen LogP contribution >= 0.6 is 0 Å². The van der Waals surface area contributed by atoms with E-state index < -0.39 is 15.8 Å². The smallest absolute Gasteiger partial charge is 0.322 e. The molecule has 3 aromatic carbocycles. The van der Waals surface area contributed by atoms with Gasteiger partial charge >= 0.3 is 6.03 Å². The van der Waals surface area contributed by atoms with Crippen LogP contribution in [0.15, 0.2) is 66.7 Å². The fraction of sp³-hybridized carbons (Fsp3) is 0.387. The number of sulfonamides is 1. The van der Waals surface area contributed by atoms with Crippen LogP contribution in [0, 0.1) is 5.82 Å². The van der Waals surface area contributed by atoms with E-state index in [9.17, 15) is 17.6 Å². The van der Waals surface area contributed by atoms with Crippen molar-refractivity contribution in [1.29, 1.82) is 0 Å². The van der Waals surface area contributed by atoms with Gasteiger partial charge in [0, 0.05) is 44.0 Å². The Morgan fingerprint density at radius 3 is 2.21 bits per heavy atom. The first-order valence-electron chi connectivity index (χ1n) is 14.1. The molecule has 1 aliphatic rings. The Balaban J connectivity index is 1.29. The van der Waals surface area contributed by atoms with E-state index in [1.807, 2.05) is 29.2 Å². The molecular weight excluding hydrogens is 559 g/mol. The van der Waals surface area contributed by atoms with E-state index in [0.717, 1.165) is 57.1 Å². The number of nitrogens with one attached hydrogen (secondary N) is 2. The van der Waals surface area contributed by atoms with Crippen molar-refractivity contribution in [2.75, 3.05) is 43.0 Å². The summed E-state index contributed by atoms with van der Waals surface area (Å²) in [4.78, 5) is 17.5. The van der Waals surface area contributed by atoms with Crippen molar-refractivity contribution in [3.05, 3.63) is 78.1 Å². The first-order valence-corrected chi connectivity index (χ1v) is 16.0. The monoisotopic (exact) mass is 598 g/mol. The number of ether oxygens (including phenoxy) is 2. The largest absolute Gasteiger partial charge is 0.497 e. The molecule has 42 heavy (non-hydrogen) atoms. The molecule has 0 atom stereocenters. The summed E-state index contributed by atoms with van der Waals surface area (Å²) in [6.45, 7) is 5.19. The van der Waals surface area contributed by atoms with Crippen molar-refractivity contribution < 1.29 is 27.1 Å². The van der Waals surface area contributed by atoms with Crippen LogP contribution in [0.4, 0.5) is 20.6 Å². The summed E-state index contributed by atoms with van der Waals surface area (Å²) in [6, 6.07) is 18.7. The number of methoxy groups -OCH3 is 1. The molecule has 3 aromatic rings. The lowest BCUT2D eigenvalue weighted by molar-refractivity contribution is 0.122. The van der Waals surface area contributed by atoms with Crippen LogP contribution in [0.3, 0.4) is 0 Å². The molecule has 2 amide bonds. The lowest BCUT2D eigenvalue weighted by Gasteiger charge is -2.38. The van der Waals surface area contributed by atoms with Gasteiger partial charge in [-0.15, -0.1) is 0 Å². The molecule has 11 heteroatoms. The van der Waals surface area contributed by atoms with E-state index in [1.165, 1.54) is 25.3 Å². The summed E-state index contributed by atoms with van der Waals surface area (Å²) in [5, 5.41) is 2.76. The summed E-state index contributed by atoms with van der Waals surface area (Å²) < 4.78 is 50.6. The molecular formula is C31H39FN4O5S. The average Bonchev–Trinajstić information content (AvgIpc) is 2.96. The number of hydrogen-bond donors (Lipinski definition) is 2. The van der Waals surface area contributed by atoms with Gasteiger partial charge in [-0.25, -0.2) is 17.6 Å². The molecule has 4 rings (SSSR count). The molecule has 0 radical (unpaired) electrons. The van der Waals surface area contributed by atoms with Gasteiger partial charge in [-0.05, 0) is 73.4 Å². The number of halogens is 1. The lowest BCUT2D eigenvalue weighted by Crippen LogP contribution is -2.49. The highest BCUT2D eigenvalue weighted by Crippen LogP contribution is 2.26. The first kappa shape index (κ1) is 31.1. The fourth-order valence-corrected chi connectivity index (χ4v) is 5.51. The van der Waals surface area contributed by atoms with Crippen LogP contribution in [0.25, 0.3) is 0 Å². The molecule has 0 bridgehead atoms. The van der Waals surface area contributed by atoms with Crippen LogP contribution in [0.2, 0.25) is 0 Å². The number of likely N-dealkylation sites (tertiary alicyclic amines) is 1. The number of unbranched alkanes of at least 4 members (excludes halogenated alkanes) is 1. The average molecular weight is 599 g/mol. The molecule has 0 aliphatic carbocycles. The van der Waals surface area contributed by atoms with Crippen LogP contribution in [-0.2, 0) is 16.6 Å². The molecule has 1 aliphatic heterocycles. The Morgan fingerprint density at radius 1 is 1.00 bits per heavy atom. The van der Waals surface area contributed by atoms with Gasteiger partial charge in [0.05, 0.1) is 19.1 Å². The molecule has 0 saturated carbocycles. The summed E-state index contributed by atoms with van der Waals surface area (Å²) in [5.74, 6) is 1.28. The zero-order chi connectivity index (χ0) is 30.1. The highest BCUT2D eigenvalue weighted by Gasteiger charge is 2.28. The normalized spacial score (nSPS) is 14.3. The SMILES string of the molecule is CCCCN(C(=O)Nc1cc(OC)ccc1F)C1CCN(Cc2ccc(Oc3ccc(NS(C)(=O)=O)cc3)cc2)CC1. The predicted molar refractivity (Wildman–Crippen MR) is 163 cm³/mol. The van der Waals surface area contributed by atoms with Gasteiger partial charge in [-0.3, -0.25) is 9.62 Å². The minimum absolute atomic E-state index is 0.0799. The predicted octanol–water partition coefficient (Wildman–Crippen LogP) is 6.30. The second-order valence-corrected chi connectivity index (χ2v) is 12.2. The summed E-state index contributed by atoms with van der Waals surface area (Å²) in [5.41, 5.74) is 1.75. The molecule has 0 unspecified atom stereocenters. The number of rotatable bonds is 12. The van der Waals surface area contributed by atoms with Crippen molar-refractivity contribution in [3.8, 4) is 17.2 Å². The number of carbonyl (C=O) groups is 1. The first-order chi connectivity index (χ1) is 20.1. The molecule has 1 fully saturated rings. The van der Waals surface area contributed by atoms with Gasteiger partial charge in [0.1, 0.15) is 23.1 Å². The minimum Gasteiger partial charge on any atom is -0.497 e. The van der Waals surface area contributed by atoms with Gasteiger partial charge in [-0.1, -0.05) is 25.5 Å². The zero-order valence-corrected chi connectivity index (χ0v) is 25.1. The Hall–Kier alpha value is -3.83. The van der Waals surface area contributed by atoms with E-state index in [-0.39, 0.29) is 17.8 Å². The van der Waals surface area contributed by atoms with E-state index in [4.69, 9.17) is 9.47 Å². The standard InChI is InChI=1S/C31H39FN4O5S/c1-4-5-18-36(31(37)33-30-21-28(40-2)14-15-29(30)32)25-16-19-35(20-17-25)22-23-6-10-26(11-7-23)41-27-12-8-24(9-13-27)34-42(3,38)39/h6-15,21,25,34H,4-5,16-20,22H2,1-3H3,(H,33,37). The number of urea groups is 1. The third-order valence-electron chi connectivity index (χ3n) is 7.15. The van der Waals surface area contributed by atoms with Crippen molar-refractivity contribution in [1.82, 2.24) is 9.80 Å². The number of nitrogens with zero attached hydrogens (tertiary/aromatic N) is 2. The third-order valence-corrected chi connectivity index (χ3v) is 7.76. The van der Waals surface area contributed by atoms with Crippen molar-refractivity contribution in [2.45, 2.75) is 45.2 Å². The number of carbonyl (C=O) groups excluding carboxylic acids is 1. The molecule has 9 nitrogen and oxygen atoms in total. The fourth-order valence-electron chi connectivity index (χ4n) is 4.94. The summed E-state index contributed by atoms with van der Waals surface area (Å²) >= 11 is 0. The quantitative estimate of drug-likeness (QED) is 0.254. The van der Waals surface area contributed by atoms with Gasteiger partial charge in [0.2, 0.25) is 10.0 Å². The van der Waals surface area contributed by atoms with Crippen LogP contribution < -0.4 is 19.5 Å². The number of benzene rings is 3. The van der Waals surface area contributed by atoms with Gasteiger partial charge < -0.3 is 19.7 Å². The Kier molecular flexibility index (Phi) is 10.6. The Labute approximate surface area is 247 Å². The van der Waals surface area contributed by atoms with E-state index >= 15 is 0 Å². The van der Waals surface area contributed by atoms with E-state index in [1.54, 1.807) is 24.3 Å². The van der Waals surface area contributed by atoms with Crippen LogP contribution in [0.5, 0.6) is 17.2 Å². The van der Waals surface area contributed by atoms with Crippen molar-refractivity contribution >= 4 is 27.4 Å². The molecule has 2 N–H and O–H groups in total. The van der Waals surface area contributed by atoms with Gasteiger partial charge in [-0.2, -0.15) is 0 Å². The lowest BCUT2D eigenvalue weighted by atomic mass is 10.0. The molecule has 226 valence electrons. The third kappa shape index (κ3) is 9.09. The maximum absolute atomic E-state index is 14.4. The highest BCUT2D eigenvalue weighted by molar-refractivity contribution is 7.92. The van der Waals surface area contributed by atoms with Crippen LogP contribution in [-0.4, -0.2) is 63.3 Å². The molecule has 0 spiro atoms. The van der Waals surface area contributed by atoms with Crippen molar-refractivity contribution in [2.24, 2.45) is 0 Å². The molecule has 0 aromatic heterocycles. The second kappa shape index (κ2) is 14.4. The summed E-state index contributed by atoms with van der Waals surface area (Å²) in [6.07, 6.45) is 4.62. The highest BCUT2D eigenvalue weighted by atomic mass is 32.2. The topological polar surface area (TPSA) is 100 Å². The number of anilines is 2. The molecule has 1 heterocycles. The number of amides is 2. The second-order valence-electron chi connectivity index (χ2n) is 10.5. The zero-order valence-electron chi connectivity index (χ0n) is 24.3. The maximum Gasteiger partial charge on any atom is 0.322 e. The van der Waals surface area contributed by atoms with Gasteiger partial charge in [0.25, 0.3) is 0 Å². The van der Waals surface area contributed by atoms with Crippen LogP contribution in [0.1, 0.15) is 38.2 Å². The Morgan fingerprint density at radius 2 is 1.62 bits per heavy atom. The number of hydrogen-bond acceptors (Lipinski definition) is 6. The number of piperidine rings is 1. The maximum atomic E-state index is 14.4. The van der Waals surface area contributed by atoms with E-state index in [0.29, 0.717) is 29.5 Å². The van der Waals surface area contributed by atoms with Crippen molar-refractivity contribution in [3.63, 3.8) is 0 Å². The Bertz CT molecular complexity index is 1430. The van der Waals surface area contributed by atoms with E-state index in [2.05, 4.69) is 21.9 Å². The minimum atomic E-state index is -3.33. The summed E-state index contributed by atoms with van der Waals surface area (Å²) in [7, 11) is -1.82. The van der Waals surface area contributed by atoms with Gasteiger partial charge in [0.15, 0.2) is 0 Å².